The molecule has 2 N–H and O–H groups in total. The zero-order chi connectivity index (χ0) is 27.4. The highest BCUT2D eigenvalue weighted by Gasteiger charge is 2.30. The van der Waals surface area contributed by atoms with Crippen molar-refractivity contribution in [1.82, 2.24) is 18.8 Å². The number of fused-ring (bicyclic) bond motifs is 2. The van der Waals surface area contributed by atoms with Crippen molar-refractivity contribution in [3.05, 3.63) is 100 Å². The molecule has 9 heteroatoms. The van der Waals surface area contributed by atoms with Gasteiger partial charge in [-0.05, 0) is 66.3 Å². The Morgan fingerprint density at radius 2 is 1.82 bits per heavy atom. The molecule has 0 bridgehead atoms. The zero-order valence-electron chi connectivity index (χ0n) is 22.0. The van der Waals surface area contributed by atoms with Crippen LogP contribution < -0.4 is 16.0 Å². The number of aryl methyl sites for hydroxylation is 1. The van der Waals surface area contributed by atoms with E-state index >= 15 is 0 Å². The molecule has 0 spiro atoms. The highest BCUT2D eigenvalue weighted by Crippen LogP contribution is 2.28. The second-order valence-electron chi connectivity index (χ2n) is 9.43. The maximum atomic E-state index is 13.8. The van der Waals surface area contributed by atoms with E-state index in [4.69, 9.17) is 15.5 Å². The minimum Gasteiger partial charge on any atom is -0.410 e. The zero-order valence-corrected chi connectivity index (χ0v) is 22.9. The maximum Gasteiger partial charge on any atom is 0.415 e. The minimum atomic E-state index is -0.508. The van der Waals surface area contributed by atoms with Gasteiger partial charge in [-0.3, -0.25) is 14.3 Å². The van der Waals surface area contributed by atoms with Crippen molar-refractivity contribution in [1.29, 1.82) is 0 Å². The number of carbonyl (C=O) groups excluding carboxylic acids is 1. The first-order valence-corrected chi connectivity index (χ1v) is 13.9. The van der Waals surface area contributed by atoms with E-state index in [1.807, 2.05) is 80.6 Å². The lowest BCUT2D eigenvalue weighted by Gasteiger charge is -2.31. The van der Waals surface area contributed by atoms with Gasteiger partial charge in [0.2, 0.25) is 0 Å². The Kier molecular flexibility index (Phi) is 7.99. The summed E-state index contributed by atoms with van der Waals surface area (Å²) in [4.78, 5) is 34.6. The van der Waals surface area contributed by atoms with Crippen LogP contribution in [0.25, 0.3) is 21.0 Å². The quantitative estimate of drug-likeness (QED) is 0.258. The fourth-order valence-corrected chi connectivity index (χ4v) is 5.60. The molecule has 0 saturated heterocycles. The molecule has 5 rings (SSSR count). The summed E-state index contributed by atoms with van der Waals surface area (Å²) in [6.45, 7) is 4.90. The third kappa shape index (κ3) is 5.55. The lowest BCUT2D eigenvalue weighted by Crippen LogP contribution is -2.41. The molecule has 39 heavy (non-hydrogen) atoms. The van der Waals surface area contributed by atoms with E-state index in [2.05, 4.69) is 4.37 Å². The molecule has 8 nitrogen and oxygen atoms in total. The van der Waals surface area contributed by atoms with E-state index in [0.717, 1.165) is 16.3 Å². The van der Waals surface area contributed by atoms with Crippen LogP contribution >= 0.6 is 11.5 Å². The number of amides is 1. The molecule has 3 aromatic carbocycles. The van der Waals surface area contributed by atoms with E-state index in [0.29, 0.717) is 60.0 Å². The van der Waals surface area contributed by atoms with Crippen molar-refractivity contribution in [2.75, 3.05) is 13.1 Å². The van der Waals surface area contributed by atoms with Gasteiger partial charge in [-0.1, -0.05) is 67.6 Å². The van der Waals surface area contributed by atoms with Crippen LogP contribution in [0.3, 0.4) is 0 Å². The molecule has 1 atom stereocenters. The van der Waals surface area contributed by atoms with Crippen molar-refractivity contribution >= 4 is 38.6 Å². The molecule has 0 aliphatic rings. The smallest absolute Gasteiger partial charge is 0.410 e. The number of hydrogen-bond donors (Lipinski definition) is 1. The Morgan fingerprint density at radius 3 is 2.56 bits per heavy atom. The second-order valence-corrected chi connectivity index (χ2v) is 10.2. The summed E-state index contributed by atoms with van der Waals surface area (Å²) in [5, 5.41) is 2.56. The van der Waals surface area contributed by atoms with Gasteiger partial charge < -0.3 is 10.5 Å². The Bertz CT molecular complexity index is 1660. The third-order valence-electron chi connectivity index (χ3n) is 6.80. The molecule has 2 heterocycles. The SMILES string of the molecule is CCC(c1nc2snc(C)c2c(=O)n1Cc1ccccc1)N(CCCN)C(=O)Oc1ccc2ccccc2c1. The molecule has 0 radical (unpaired) electrons. The molecule has 5 aromatic rings. The van der Waals surface area contributed by atoms with Crippen molar-refractivity contribution in [2.45, 2.75) is 39.3 Å². The number of nitrogens with zero attached hydrogens (tertiary/aromatic N) is 4. The number of ether oxygens (including phenoxy) is 1. The van der Waals surface area contributed by atoms with Crippen LogP contribution in [-0.4, -0.2) is 38.0 Å². The largest absolute Gasteiger partial charge is 0.415 e. The highest BCUT2D eigenvalue weighted by molar-refractivity contribution is 7.12. The van der Waals surface area contributed by atoms with Crippen LogP contribution in [-0.2, 0) is 6.54 Å². The Labute approximate surface area is 230 Å². The number of rotatable bonds is 9. The fourth-order valence-electron chi connectivity index (χ4n) is 4.83. The summed E-state index contributed by atoms with van der Waals surface area (Å²) in [6.07, 6.45) is 0.599. The third-order valence-corrected chi connectivity index (χ3v) is 7.64. The molecular weight excluding hydrogens is 510 g/mol. The van der Waals surface area contributed by atoms with E-state index < -0.39 is 12.1 Å². The lowest BCUT2D eigenvalue weighted by molar-refractivity contribution is 0.125. The molecule has 0 aliphatic heterocycles. The van der Waals surface area contributed by atoms with Crippen LogP contribution in [0.2, 0.25) is 0 Å². The van der Waals surface area contributed by atoms with Gasteiger partial charge in [0.05, 0.1) is 23.7 Å². The molecule has 0 saturated carbocycles. The van der Waals surface area contributed by atoms with Crippen LogP contribution in [0.15, 0.2) is 77.6 Å². The number of aromatic nitrogens is 3. The number of benzene rings is 3. The normalized spacial score (nSPS) is 12.1. The number of hydrogen-bond acceptors (Lipinski definition) is 7. The van der Waals surface area contributed by atoms with Crippen molar-refractivity contribution in [2.24, 2.45) is 5.73 Å². The van der Waals surface area contributed by atoms with Crippen molar-refractivity contribution < 1.29 is 9.53 Å². The Hall–Kier alpha value is -4.08. The van der Waals surface area contributed by atoms with Gasteiger partial charge in [0.25, 0.3) is 5.56 Å². The average Bonchev–Trinajstić information content (AvgIpc) is 3.33. The predicted octanol–water partition coefficient (Wildman–Crippen LogP) is 5.66. The molecule has 2 aromatic heterocycles. The average molecular weight is 542 g/mol. The summed E-state index contributed by atoms with van der Waals surface area (Å²) >= 11 is 1.20. The molecular formula is C30H31N5O3S. The fraction of sp³-hybridized carbons (Fsp3) is 0.267. The highest BCUT2D eigenvalue weighted by atomic mass is 32.1. The van der Waals surface area contributed by atoms with Crippen LogP contribution in [0.4, 0.5) is 4.79 Å². The van der Waals surface area contributed by atoms with E-state index in [1.54, 1.807) is 15.5 Å². The van der Waals surface area contributed by atoms with E-state index in [9.17, 15) is 9.59 Å². The number of nitrogens with two attached hydrogens (primary N) is 1. The first kappa shape index (κ1) is 26.5. The first-order chi connectivity index (χ1) is 19.0. The maximum absolute atomic E-state index is 13.8. The van der Waals surface area contributed by atoms with E-state index in [1.165, 1.54) is 11.5 Å². The van der Waals surface area contributed by atoms with Gasteiger partial charge in [-0.15, -0.1) is 0 Å². The molecule has 1 amide bonds. The van der Waals surface area contributed by atoms with E-state index in [-0.39, 0.29) is 5.56 Å². The van der Waals surface area contributed by atoms with Gasteiger partial charge in [0.15, 0.2) is 4.83 Å². The van der Waals surface area contributed by atoms with Crippen molar-refractivity contribution in [3.8, 4) is 5.75 Å². The second kappa shape index (κ2) is 11.8. The predicted molar refractivity (Wildman–Crippen MR) is 155 cm³/mol. The summed E-state index contributed by atoms with van der Waals surface area (Å²) in [5.41, 5.74) is 7.31. The van der Waals surface area contributed by atoms with Gasteiger partial charge in [-0.2, -0.15) is 4.37 Å². The Balaban J connectivity index is 1.56. The molecule has 1 unspecified atom stereocenters. The topological polar surface area (TPSA) is 103 Å². The first-order valence-electron chi connectivity index (χ1n) is 13.1. The standard InChI is InChI=1S/C30H31N5O3S/c1-3-25(34(17-9-16-31)30(37)38-24-15-14-22-12-7-8-13-23(22)18-24)27-32-28-26(20(2)33-39-28)29(36)35(27)19-21-10-5-4-6-11-21/h4-8,10-15,18,25H,3,9,16-17,19,31H2,1-2H3. The summed E-state index contributed by atoms with van der Waals surface area (Å²) in [6, 6.07) is 22.7. The summed E-state index contributed by atoms with van der Waals surface area (Å²) in [5.74, 6) is 0.962. The van der Waals surface area contributed by atoms with Crippen LogP contribution in [0.1, 0.15) is 42.9 Å². The summed E-state index contributed by atoms with van der Waals surface area (Å²) in [7, 11) is 0. The lowest BCUT2D eigenvalue weighted by atomic mass is 10.1. The van der Waals surface area contributed by atoms with Crippen LogP contribution in [0.5, 0.6) is 5.75 Å². The minimum absolute atomic E-state index is 0.162. The Morgan fingerprint density at radius 1 is 1.08 bits per heavy atom. The molecule has 0 aliphatic carbocycles. The van der Waals surface area contributed by atoms with Crippen LogP contribution in [0, 0.1) is 6.92 Å². The molecule has 0 fully saturated rings. The number of carbonyl (C=O) groups is 1. The van der Waals surface area contributed by atoms with Gasteiger partial charge >= 0.3 is 6.09 Å². The molecule has 200 valence electrons. The monoisotopic (exact) mass is 541 g/mol. The van der Waals surface area contributed by atoms with Gasteiger partial charge in [0.1, 0.15) is 11.6 Å². The van der Waals surface area contributed by atoms with Gasteiger partial charge in [-0.25, -0.2) is 9.78 Å². The van der Waals surface area contributed by atoms with Crippen molar-refractivity contribution in [3.63, 3.8) is 0 Å². The van der Waals surface area contributed by atoms with Gasteiger partial charge in [0, 0.05) is 6.54 Å². The summed E-state index contributed by atoms with van der Waals surface area (Å²) < 4.78 is 11.9.